The maximum absolute atomic E-state index is 12.0. The molecule has 2 N–H and O–H groups in total. The van der Waals surface area contributed by atoms with Crippen molar-refractivity contribution in [2.24, 2.45) is 5.10 Å². The summed E-state index contributed by atoms with van der Waals surface area (Å²) in [6.07, 6.45) is 1.37. The van der Waals surface area contributed by atoms with E-state index in [1.54, 1.807) is 48.5 Å². The average Bonchev–Trinajstić information content (AvgIpc) is 3.10. The van der Waals surface area contributed by atoms with Crippen LogP contribution in [-0.4, -0.2) is 23.2 Å². The van der Waals surface area contributed by atoms with Crippen LogP contribution in [0.2, 0.25) is 5.02 Å². The molecular formula is C20H15ClN2O4. The zero-order chi connectivity index (χ0) is 19.4. The predicted octanol–water partition coefficient (Wildman–Crippen LogP) is 4.37. The molecule has 3 aromatic rings. The minimum atomic E-state index is -0.980. The maximum atomic E-state index is 12.0. The minimum absolute atomic E-state index is 0.215. The Morgan fingerprint density at radius 2 is 1.93 bits per heavy atom. The summed E-state index contributed by atoms with van der Waals surface area (Å²) in [6.45, 7) is 1.81. The van der Waals surface area contributed by atoms with Crippen molar-refractivity contribution in [3.05, 3.63) is 82.1 Å². The highest BCUT2D eigenvalue weighted by atomic mass is 35.5. The van der Waals surface area contributed by atoms with E-state index in [9.17, 15) is 9.59 Å². The second-order valence-electron chi connectivity index (χ2n) is 5.72. The van der Waals surface area contributed by atoms with Crippen molar-refractivity contribution < 1.29 is 19.1 Å². The summed E-state index contributed by atoms with van der Waals surface area (Å²) < 4.78 is 5.69. The second kappa shape index (κ2) is 7.88. The number of carboxylic acid groups (broad SMARTS) is 1. The molecule has 0 spiro atoms. The Kier molecular flexibility index (Phi) is 5.38. The molecule has 0 atom stereocenters. The Hall–Kier alpha value is -3.38. The Balaban J connectivity index is 1.71. The van der Waals surface area contributed by atoms with Gasteiger partial charge in [-0.3, -0.25) is 4.79 Å². The molecule has 0 aliphatic heterocycles. The summed E-state index contributed by atoms with van der Waals surface area (Å²) in [7, 11) is 0. The first-order valence-corrected chi connectivity index (χ1v) is 8.35. The fraction of sp³-hybridized carbons (Fsp3) is 0.0500. The fourth-order valence-corrected chi connectivity index (χ4v) is 2.72. The molecule has 0 saturated carbocycles. The number of benzene rings is 2. The molecule has 0 bridgehead atoms. The molecule has 7 heteroatoms. The molecule has 2 aromatic carbocycles. The van der Waals surface area contributed by atoms with Crippen molar-refractivity contribution in [3.63, 3.8) is 0 Å². The smallest absolute Gasteiger partial charge is 0.335 e. The minimum Gasteiger partial charge on any atom is -0.478 e. The van der Waals surface area contributed by atoms with Crippen LogP contribution in [0.5, 0.6) is 0 Å². The van der Waals surface area contributed by atoms with Gasteiger partial charge in [0.1, 0.15) is 11.5 Å². The highest BCUT2D eigenvalue weighted by Crippen LogP contribution is 2.26. The van der Waals surface area contributed by atoms with Gasteiger partial charge >= 0.3 is 5.97 Å². The number of amides is 1. The molecule has 0 radical (unpaired) electrons. The van der Waals surface area contributed by atoms with Crippen LogP contribution in [0.4, 0.5) is 0 Å². The van der Waals surface area contributed by atoms with Crippen molar-refractivity contribution in [1.82, 2.24) is 5.43 Å². The van der Waals surface area contributed by atoms with Crippen molar-refractivity contribution in [2.45, 2.75) is 6.92 Å². The van der Waals surface area contributed by atoms with Gasteiger partial charge in [-0.25, -0.2) is 10.2 Å². The zero-order valence-electron chi connectivity index (χ0n) is 14.3. The summed E-state index contributed by atoms with van der Waals surface area (Å²) in [5.41, 5.74) is 4.48. The molecule has 0 aliphatic carbocycles. The number of furan rings is 1. The standard InChI is InChI=1S/C20H15ClN2O4/c1-12-10-13(20(25)26)6-8-15(12)18-9-7-14(27-18)11-22-23-19(24)16-4-2-3-5-17(16)21/h2-11H,1H3,(H,23,24)(H,25,26)/b22-11-. The summed E-state index contributed by atoms with van der Waals surface area (Å²) in [4.78, 5) is 23.0. The Labute approximate surface area is 160 Å². The lowest BCUT2D eigenvalue weighted by atomic mass is 10.0. The number of hydrogen-bond donors (Lipinski definition) is 2. The van der Waals surface area contributed by atoms with E-state index >= 15 is 0 Å². The molecule has 3 rings (SSSR count). The predicted molar refractivity (Wildman–Crippen MR) is 102 cm³/mol. The van der Waals surface area contributed by atoms with Gasteiger partial charge in [-0.2, -0.15) is 5.10 Å². The van der Waals surface area contributed by atoms with E-state index in [0.29, 0.717) is 22.1 Å². The SMILES string of the molecule is Cc1cc(C(=O)O)ccc1-c1ccc(/C=N\NC(=O)c2ccccc2Cl)o1. The number of carboxylic acids is 1. The first-order chi connectivity index (χ1) is 13.0. The monoisotopic (exact) mass is 382 g/mol. The van der Waals surface area contributed by atoms with E-state index in [4.69, 9.17) is 21.1 Å². The van der Waals surface area contributed by atoms with Crippen molar-refractivity contribution in [2.75, 3.05) is 0 Å². The molecule has 1 heterocycles. The number of nitrogens with one attached hydrogen (secondary N) is 1. The lowest BCUT2D eigenvalue weighted by Gasteiger charge is -2.04. The zero-order valence-corrected chi connectivity index (χ0v) is 15.0. The van der Waals surface area contributed by atoms with Crippen molar-refractivity contribution >= 4 is 29.7 Å². The maximum Gasteiger partial charge on any atom is 0.335 e. The van der Waals surface area contributed by atoms with Crippen LogP contribution in [0.3, 0.4) is 0 Å². The van der Waals surface area contributed by atoms with E-state index in [1.165, 1.54) is 12.3 Å². The molecule has 1 amide bonds. The molecule has 0 fully saturated rings. The quantitative estimate of drug-likeness (QED) is 0.506. The summed E-state index contributed by atoms with van der Waals surface area (Å²) in [6, 6.07) is 14.9. The summed E-state index contributed by atoms with van der Waals surface area (Å²) in [5.74, 6) is -0.399. The van der Waals surface area contributed by atoms with Crippen molar-refractivity contribution in [3.8, 4) is 11.3 Å². The van der Waals surface area contributed by atoms with Crippen LogP contribution in [0.25, 0.3) is 11.3 Å². The van der Waals surface area contributed by atoms with E-state index < -0.39 is 11.9 Å². The fourth-order valence-electron chi connectivity index (χ4n) is 2.50. The van der Waals surface area contributed by atoms with Gasteiger partial charge < -0.3 is 9.52 Å². The molecule has 136 valence electrons. The van der Waals surface area contributed by atoms with Crippen LogP contribution in [0.1, 0.15) is 32.0 Å². The topological polar surface area (TPSA) is 91.9 Å². The van der Waals surface area contributed by atoms with Gasteiger partial charge in [0, 0.05) is 5.56 Å². The highest BCUT2D eigenvalue weighted by Gasteiger charge is 2.11. The van der Waals surface area contributed by atoms with Gasteiger partial charge in [0.15, 0.2) is 0 Å². The number of carbonyl (C=O) groups is 2. The van der Waals surface area contributed by atoms with Gasteiger partial charge in [0.25, 0.3) is 5.91 Å². The first-order valence-electron chi connectivity index (χ1n) is 7.98. The normalized spacial score (nSPS) is 10.9. The summed E-state index contributed by atoms with van der Waals surface area (Å²) in [5, 5.41) is 13.2. The molecule has 6 nitrogen and oxygen atoms in total. The van der Waals surface area contributed by atoms with Gasteiger partial charge in [0.2, 0.25) is 0 Å². The number of aromatic carboxylic acids is 1. The molecule has 0 saturated heterocycles. The lowest BCUT2D eigenvalue weighted by Crippen LogP contribution is -2.17. The van der Waals surface area contributed by atoms with Crippen LogP contribution in [0.15, 0.2) is 64.1 Å². The lowest BCUT2D eigenvalue weighted by molar-refractivity contribution is 0.0696. The molecule has 0 unspecified atom stereocenters. The Morgan fingerprint density at radius 3 is 2.63 bits per heavy atom. The number of aryl methyl sites for hydroxylation is 1. The van der Waals surface area contributed by atoms with Crippen LogP contribution in [-0.2, 0) is 0 Å². The number of carbonyl (C=O) groups excluding carboxylic acids is 1. The van der Waals surface area contributed by atoms with Crippen molar-refractivity contribution in [1.29, 1.82) is 0 Å². The third-order valence-corrected chi connectivity index (χ3v) is 4.17. The Bertz CT molecular complexity index is 1040. The highest BCUT2D eigenvalue weighted by molar-refractivity contribution is 6.33. The second-order valence-corrected chi connectivity index (χ2v) is 6.12. The number of halogens is 1. The van der Waals surface area contributed by atoms with Crippen LogP contribution in [0, 0.1) is 6.92 Å². The third-order valence-electron chi connectivity index (χ3n) is 3.84. The number of nitrogens with zero attached hydrogens (tertiary/aromatic N) is 1. The van der Waals surface area contributed by atoms with Gasteiger partial charge in [-0.15, -0.1) is 0 Å². The number of hydrogen-bond acceptors (Lipinski definition) is 4. The third kappa shape index (κ3) is 4.24. The van der Waals surface area contributed by atoms with Gasteiger partial charge in [-0.05, 0) is 48.9 Å². The van der Waals surface area contributed by atoms with Crippen LogP contribution < -0.4 is 5.43 Å². The van der Waals surface area contributed by atoms with E-state index in [0.717, 1.165) is 11.1 Å². The number of rotatable bonds is 5. The van der Waals surface area contributed by atoms with Crippen LogP contribution >= 0.6 is 11.6 Å². The average molecular weight is 383 g/mol. The summed E-state index contributed by atoms with van der Waals surface area (Å²) >= 11 is 5.96. The Morgan fingerprint density at radius 1 is 1.15 bits per heavy atom. The molecule has 0 aliphatic rings. The largest absolute Gasteiger partial charge is 0.478 e. The van der Waals surface area contributed by atoms with E-state index in [1.807, 2.05) is 6.92 Å². The molecule has 27 heavy (non-hydrogen) atoms. The van der Waals surface area contributed by atoms with E-state index in [2.05, 4.69) is 10.5 Å². The molecular weight excluding hydrogens is 368 g/mol. The molecule has 1 aromatic heterocycles. The number of hydrazone groups is 1. The first kappa shape index (κ1) is 18.4. The van der Waals surface area contributed by atoms with Gasteiger partial charge in [0.05, 0.1) is 22.4 Å². The van der Waals surface area contributed by atoms with Gasteiger partial charge in [-0.1, -0.05) is 29.8 Å². The van der Waals surface area contributed by atoms with E-state index in [-0.39, 0.29) is 5.56 Å².